The third-order valence-corrected chi connectivity index (χ3v) is 4.83. The molecule has 1 heterocycles. The Labute approximate surface area is 180 Å². The highest BCUT2D eigenvalue weighted by Crippen LogP contribution is 2.15. The van der Waals surface area contributed by atoms with E-state index in [0.29, 0.717) is 13.1 Å². The smallest absolute Gasteiger partial charge is 0.326 e. The second-order valence-electron chi connectivity index (χ2n) is 8.34. The molecule has 1 unspecified atom stereocenters. The van der Waals surface area contributed by atoms with Crippen LogP contribution in [0.2, 0.25) is 0 Å². The number of carboxylic acid groups (broad SMARTS) is 1. The second kappa shape index (κ2) is 12.5. The molecule has 8 nitrogen and oxygen atoms in total. The number of aryl methyl sites for hydroxylation is 2. The van der Waals surface area contributed by atoms with Gasteiger partial charge in [0.25, 0.3) is 0 Å². The lowest BCUT2D eigenvalue weighted by atomic mass is 10.1. The number of hydrogen-bond donors (Lipinski definition) is 4. The van der Waals surface area contributed by atoms with E-state index >= 15 is 0 Å². The number of amides is 1. The Hall–Kier alpha value is -2.19. The maximum atomic E-state index is 11.4. The van der Waals surface area contributed by atoms with Gasteiger partial charge < -0.3 is 25.7 Å². The number of nitrogens with one attached hydrogen (secondary N) is 2. The number of pyridine rings is 1. The molecule has 1 aromatic heterocycles. The van der Waals surface area contributed by atoms with Crippen LogP contribution in [0.5, 0.6) is 0 Å². The lowest BCUT2D eigenvalue weighted by Gasteiger charge is -2.30. The van der Waals surface area contributed by atoms with Crippen LogP contribution in [0.4, 0.5) is 5.82 Å². The molecule has 0 fully saturated rings. The number of nitrogens with zero attached hydrogens (tertiary/aromatic N) is 2. The van der Waals surface area contributed by atoms with Gasteiger partial charge in [-0.05, 0) is 64.1 Å². The van der Waals surface area contributed by atoms with Crippen LogP contribution in [-0.2, 0) is 22.4 Å². The van der Waals surface area contributed by atoms with Crippen LogP contribution in [0.3, 0.4) is 0 Å². The van der Waals surface area contributed by atoms with E-state index in [2.05, 4.69) is 39.6 Å². The van der Waals surface area contributed by atoms with Gasteiger partial charge in [0.1, 0.15) is 11.9 Å². The predicted octanol–water partition coefficient (Wildman–Crippen LogP) is 2.06. The summed E-state index contributed by atoms with van der Waals surface area (Å²) in [4.78, 5) is 29.3. The lowest BCUT2D eigenvalue weighted by molar-refractivity contribution is -0.141. The number of aromatic nitrogens is 1. The first kappa shape index (κ1) is 25.8. The number of anilines is 1. The van der Waals surface area contributed by atoms with E-state index in [1.807, 2.05) is 7.05 Å². The standard InChI is InChI=1S/C22H38N4O4/c1-6-17-10-11-18(25-20(17)23-5)9-7-8-13-26(15-22(3,4)30)14-12-19(21(28)29)24-16(2)27/h10-11,19,30H,6-9,12-15H2,1-5H3,(H,23,25)(H,24,27)(H,28,29). The molecule has 8 heteroatoms. The Bertz CT molecular complexity index is 688. The van der Waals surface area contributed by atoms with Crippen LogP contribution in [0.15, 0.2) is 12.1 Å². The van der Waals surface area contributed by atoms with Crippen LogP contribution in [-0.4, -0.2) is 70.3 Å². The van der Waals surface area contributed by atoms with Crippen LogP contribution in [0, 0.1) is 0 Å². The minimum atomic E-state index is -1.05. The van der Waals surface area contributed by atoms with Gasteiger partial charge in [-0.25, -0.2) is 9.78 Å². The van der Waals surface area contributed by atoms with Crippen molar-refractivity contribution >= 4 is 17.7 Å². The summed E-state index contributed by atoms with van der Waals surface area (Å²) in [6.45, 7) is 8.55. The Morgan fingerprint density at radius 1 is 1.23 bits per heavy atom. The number of aliphatic carboxylic acids is 1. The van der Waals surface area contributed by atoms with Gasteiger partial charge in [0.05, 0.1) is 5.60 Å². The molecule has 30 heavy (non-hydrogen) atoms. The number of carbonyl (C=O) groups excluding carboxylic acids is 1. The predicted molar refractivity (Wildman–Crippen MR) is 119 cm³/mol. The fraction of sp³-hybridized carbons (Fsp3) is 0.682. The minimum absolute atomic E-state index is 0.288. The van der Waals surface area contributed by atoms with Crippen LogP contribution in [0.1, 0.15) is 58.2 Å². The molecule has 0 saturated carbocycles. The molecule has 1 aromatic rings. The molecule has 0 bridgehead atoms. The van der Waals surface area contributed by atoms with Crippen molar-refractivity contribution in [3.63, 3.8) is 0 Å². The van der Waals surface area contributed by atoms with E-state index in [1.54, 1.807) is 13.8 Å². The first-order chi connectivity index (χ1) is 14.1. The Morgan fingerprint density at radius 2 is 1.93 bits per heavy atom. The van der Waals surface area contributed by atoms with Crippen molar-refractivity contribution in [2.45, 2.75) is 71.4 Å². The fourth-order valence-electron chi connectivity index (χ4n) is 3.44. The summed E-state index contributed by atoms with van der Waals surface area (Å²) in [5.41, 5.74) is 1.36. The van der Waals surface area contributed by atoms with Crippen molar-refractivity contribution in [1.82, 2.24) is 15.2 Å². The molecule has 0 saturated heterocycles. The van der Waals surface area contributed by atoms with Crippen LogP contribution in [0.25, 0.3) is 0 Å². The molecule has 0 spiro atoms. The number of carboxylic acids is 1. The average Bonchev–Trinajstić information content (AvgIpc) is 2.66. The molecule has 4 N–H and O–H groups in total. The maximum Gasteiger partial charge on any atom is 0.326 e. The van der Waals surface area contributed by atoms with Crippen LogP contribution < -0.4 is 10.6 Å². The van der Waals surface area contributed by atoms with Crippen LogP contribution >= 0.6 is 0 Å². The van der Waals surface area contributed by atoms with E-state index in [4.69, 9.17) is 0 Å². The summed E-state index contributed by atoms with van der Waals surface area (Å²) >= 11 is 0. The molecule has 0 aliphatic heterocycles. The molecular weight excluding hydrogens is 384 g/mol. The first-order valence-electron chi connectivity index (χ1n) is 10.7. The largest absolute Gasteiger partial charge is 0.480 e. The maximum absolute atomic E-state index is 11.4. The zero-order valence-electron chi connectivity index (χ0n) is 19.0. The Morgan fingerprint density at radius 3 is 2.47 bits per heavy atom. The summed E-state index contributed by atoms with van der Waals surface area (Å²) in [6.07, 6.45) is 3.93. The number of rotatable bonds is 14. The lowest BCUT2D eigenvalue weighted by Crippen LogP contribution is -2.45. The third kappa shape index (κ3) is 10.0. The van der Waals surface area contributed by atoms with E-state index < -0.39 is 17.6 Å². The van der Waals surface area contributed by atoms with Gasteiger partial charge in [-0.1, -0.05) is 13.0 Å². The zero-order chi connectivity index (χ0) is 22.7. The normalized spacial score (nSPS) is 12.6. The molecule has 0 aliphatic rings. The summed E-state index contributed by atoms with van der Waals surface area (Å²) in [5, 5.41) is 25.1. The number of aliphatic hydroxyl groups is 1. The van der Waals surface area contributed by atoms with Gasteiger partial charge in [0.15, 0.2) is 0 Å². The summed E-state index contributed by atoms with van der Waals surface area (Å²) in [7, 11) is 1.88. The number of carbonyl (C=O) groups is 2. The highest BCUT2D eigenvalue weighted by atomic mass is 16.4. The van der Waals surface area contributed by atoms with Crippen molar-refractivity contribution < 1.29 is 19.8 Å². The van der Waals surface area contributed by atoms with E-state index in [1.165, 1.54) is 12.5 Å². The molecule has 1 amide bonds. The molecule has 0 aliphatic carbocycles. The topological polar surface area (TPSA) is 115 Å². The molecular formula is C22H38N4O4. The van der Waals surface area contributed by atoms with Crippen molar-refractivity contribution in [2.75, 3.05) is 32.0 Å². The van der Waals surface area contributed by atoms with Gasteiger partial charge in [0.2, 0.25) is 5.91 Å². The zero-order valence-corrected chi connectivity index (χ0v) is 19.0. The van der Waals surface area contributed by atoms with Crippen molar-refractivity contribution in [1.29, 1.82) is 0 Å². The van der Waals surface area contributed by atoms with Crippen molar-refractivity contribution in [2.24, 2.45) is 0 Å². The van der Waals surface area contributed by atoms with Crippen molar-refractivity contribution in [3.05, 3.63) is 23.4 Å². The first-order valence-corrected chi connectivity index (χ1v) is 10.7. The average molecular weight is 423 g/mol. The summed E-state index contributed by atoms with van der Waals surface area (Å²) in [5.74, 6) is -0.481. The van der Waals surface area contributed by atoms with Gasteiger partial charge in [-0.15, -0.1) is 0 Å². The van der Waals surface area contributed by atoms with Gasteiger partial charge >= 0.3 is 5.97 Å². The molecule has 170 valence electrons. The highest BCUT2D eigenvalue weighted by Gasteiger charge is 2.22. The summed E-state index contributed by atoms with van der Waals surface area (Å²) < 4.78 is 0. The number of hydrogen-bond acceptors (Lipinski definition) is 6. The Kier molecular flexibility index (Phi) is 10.8. The highest BCUT2D eigenvalue weighted by molar-refractivity contribution is 5.82. The second-order valence-corrected chi connectivity index (χ2v) is 8.34. The van der Waals surface area contributed by atoms with E-state index in [-0.39, 0.29) is 12.3 Å². The molecule has 0 radical (unpaired) electrons. The van der Waals surface area contributed by atoms with Gasteiger partial charge in [-0.2, -0.15) is 0 Å². The Balaban J connectivity index is 2.60. The SMILES string of the molecule is CCc1ccc(CCCCN(CCC(NC(C)=O)C(=O)O)CC(C)(C)O)nc1NC. The van der Waals surface area contributed by atoms with Gasteiger partial charge in [-0.3, -0.25) is 4.79 Å². The monoisotopic (exact) mass is 422 g/mol. The fourth-order valence-corrected chi connectivity index (χ4v) is 3.44. The van der Waals surface area contributed by atoms with E-state index in [0.717, 1.165) is 43.7 Å². The molecule has 1 rings (SSSR count). The summed E-state index contributed by atoms with van der Waals surface area (Å²) in [6, 6.07) is 3.26. The van der Waals surface area contributed by atoms with Crippen molar-refractivity contribution in [3.8, 4) is 0 Å². The van der Waals surface area contributed by atoms with E-state index in [9.17, 15) is 19.8 Å². The molecule has 0 aromatic carbocycles. The number of unbranched alkanes of at least 4 members (excludes halogenated alkanes) is 1. The minimum Gasteiger partial charge on any atom is -0.480 e. The quantitative estimate of drug-likeness (QED) is 0.339. The molecule has 1 atom stereocenters. The third-order valence-electron chi connectivity index (χ3n) is 4.83. The van der Waals surface area contributed by atoms with Gasteiger partial charge in [0, 0.05) is 32.8 Å².